The lowest BCUT2D eigenvalue weighted by molar-refractivity contribution is -0.346. The first kappa shape index (κ1) is 37.9. The van der Waals surface area contributed by atoms with Crippen LogP contribution in [0, 0.1) is 0 Å². The summed E-state index contributed by atoms with van der Waals surface area (Å²) in [5.41, 5.74) is 11.6. The minimum absolute atomic E-state index is 0.0625. The van der Waals surface area contributed by atoms with Crippen molar-refractivity contribution in [2.75, 3.05) is 13.7 Å². The van der Waals surface area contributed by atoms with E-state index in [0.717, 1.165) is 11.1 Å². The van der Waals surface area contributed by atoms with Crippen LogP contribution in [0.15, 0.2) is 96.1 Å². The van der Waals surface area contributed by atoms with E-state index in [1.165, 1.54) is 14.0 Å². The Morgan fingerprint density at radius 2 is 1.37 bits per heavy atom. The van der Waals surface area contributed by atoms with Gasteiger partial charge >= 0.3 is 11.9 Å². The molecule has 0 saturated carbocycles. The minimum Gasteiger partial charge on any atom is -0.463 e. The highest BCUT2D eigenvalue weighted by Gasteiger charge is 2.53. The number of rotatable bonds is 15. The maximum atomic E-state index is 13.4. The molecule has 0 amide bonds. The number of carbonyl (C=O) groups is 2. The van der Waals surface area contributed by atoms with Crippen molar-refractivity contribution in [2.45, 2.75) is 94.8 Å². The second-order valence-electron chi connectivity index (χ2n) is 12.1. The molecule has 5 rings (SSSR count). The molecule has 1 N–H and O–H groups in total. The molecule has 272 valence electrons. The molecule has 5 unspecified atom stereocenters. The minimum atomic E-state index is -1.38. The zero-order valence-electron chi connectivity index (χ0n) is 28.6. The molecule has 14 heteroatoms. The maximum Gasteiger partial charge on any atom is 0.338 e. The fourth-order valence-electron chi connectivity index (χ4n) is 6.06. The summed E-state index contributed by atoms with van der Waals surface area (Å²) in [4.78, 5) is 28.2. The fraction of sp³-hybridized carbons (Fsp3) is 0.459. The molecule has 2 fully saturated rings. The van der Waals surface area contributed by atoms with Gasteiger partial charge in [0.1, 0.15) is 37.1 Å². The molecule has 0 aliphatic carbocycles. The molecular formula is C37H43N3O11. The van der Waals surface area contributed by atoms with Gasteiger partial charge in [-0.1, -0.05) is 90.9 Å². The Labute approximate surface area is 296 Å². The summed E-state index contributed by atoms with van der Waals surface area (Å²) in [5, 5.41) is 15.4. The van der Waals surface area contributed by atoms with Crippen molar-refractivity contribution in [1.82, 2.24) is 0 Å². The molecule has 0 bridgehead atoms. The number of hydrogen-bond acceptors (Lipinski definition) is 12. The van der Waals surface area contributed by atoms with Gasteiger partial charge in [-0.05, 0) is 35.2 Å². The molecule has 10 atom stereocenters. The zero-order valence-corrected chi connectivity index (χ0v) is 28.6. The molecular weight excluding hydrogens is 662 g/mol. The Balaban J connectivity index is 1.49. The van der Waals surface area contributed by atoms with E-state index in [-0.39, 0.29) is 19.8 Å². The lowest BCUT2D eigenvalue weighted by atomic mass is 9.94. The SMILES string of the molecule is CCC1OC(OC)C(OC(=O)c2ccccc2)[C@H](OCc2ccccc2)[C@H]1O[C@@H]1OC(COC(C)=O)[C@H](O)[C@@H](OCc2ccccc2)C1N=[N+]=[N-]. The topological polar surface area (TPSA) is 177 Å². The monoisotopic (exact) mass is 705 g/mol. The van der Waals surface area contributed by atoms with Crippen LogP contribution in [-0.2, 0) is 55.9 Å². The van der Waals surface area contributed by atoms with Crippen LogP contribution in [0.2, 0.25) is 0 Å². The third-order valence-electron chi connectivity index (χ3n) is 8.62. The van der Waals surface area contributed by atoms with Crippen molar-refractivity contribution >= 4 is 11.9 Å². The fourth-order valence-corrected chi connectivity index (χ4v) is 6.06. The average Bonchev–Trinajstić information content (AvgIpc) is 3.16. The lowest BCUT2D eigenvalue weighted by Crippen LogP contribution is -2.65. The van der Waals surface area contributed by atoms with E-state index in [1.807, 2.05) is 67.6 Å². The van der Waals surface area contributed by atoms with Gasteiger partial charge in [0, 0.05) is 18.9 Å². The number of nitrogens with zero attached hydrogens (tertiary/aromatic N) is 3. The maximum absolute atomic E-state index is 13.4. The first-order chi connectivity index (χ1) is 24.8. The molecule has 0 spiro atoms. The van der Waals surface area contributed by atoms with Crippen LogP contribution in [-0.4, -0.2) is 92.1 Å². The van der Waals surface area contributed by atoms with Gasteiger partial charge in [-0.3, -0.25) is 4.79 Å². The number of methoxy groups -OCH3 is 1. The third-order valence-corrected chi connectivity index (χ3v) is 8.62. The molecule has 51 heavy (non-hydrogen) atoms. The molecule has 2 aliphatic rings. The molecule has 0 aromatic heterocycles. The van der Waals surface area contributed by atoms with E-state index in [2.05, 4.69) is 10.0 Å². The highest BCUT2D eigenvalue weighted by atomic mass is 16.7. The van der Waals surface area contributed by atoms with E-state index in [9.17, 15) is 20.2 Å². The molecule has 2 saturated heterocycles. The molecule has 0 radical (unpaired) electrons. The van der Waals surface area contributed by atoms with Gasteiger partial charge in [-0.15, -0.1) is 0 Å². The van der Waals surface area contributed by atoms with Gasteiger partial charge in [-0.25, -0.2) is 4.79 Å². The van der Waals surface area contributed by atoms with Crippen LogP contribution in [0.25, 0.3) is 10.4 Å². The summed E-state index contributed by atoms with van der Waals surface area (Å²) in [5.74, 6) is -1.22. The summed E-state index contributed by atoms with van der Waals surface area (Å²) >= 11 is 0. The summed E-state index contributed by atoms with van der Waals surface area (Å²) < 4.78 is 48.8. The predicted molar refractivity (Wildman–Crippen MR) is 181 cm³/mol. The second-order valence-corrected chi connectivity index (χ2v) is 12.1. The van der Waals surface area contributed by atoms with E-state index >= 15 is 0 Å². The van der Waals surface area contributed by atoms with E-state index in [1.54, 1.807) is 30.3 Å². The molecule has 2 heterocycles. The molecule has 3 aromatic rings. The largest absolute Gasteiger partial charge is 0.463 e. The van der Waals surface area contributed by atoms with Crippen molar-refractivity contribution in [2.24, 2.45) is 5.11 Å². The number of aliphatic hydroxyl groups excluding tert-OH is 1. The third kappa shape index (κ3) is 9.91. The quantitative estimate of drug-likeness (QED) is 0.0987. The van der Waals surface area contributed by atoms with Crippen molar-refractivity contribution < 1.29 is 52.6 Å². The average molecular weight is 706 g/mol. The highest BCUT2D eigenvalue weighted by Crippen LogP contribution is 2.36. The van der Waals surface area contributed by atoms with Gasteiger partial charge < -0.3 is 43.0 Å². The normalized spacial score (nSPS) is 29.0. The summed E-state index contributed by atoms with van der Waals surface area (Å²) in [6.07, 6.45) is -9.47. The van der Waals surface area contributed by atoms with E-state index < -0.39 is 73.3 Å². The predicted octanol–water partition coefficient (Wildman–Crippen LogP) is 4.88. The van der Waals surface area contributed by atoms with Crippen LogP contribution in [0.1, 0.15) is 41.8 Å². The Kier molecular flexibility index (Phi) is 13.9. The second kappa shape index (κ2) is 18.7. The number of carbonyl (C=O) groups excluding carboxylic acids is 2. The number of aliphatic hydroxyl groups is 1. The van der Waals surface area contributed by atoms with E-state index in [0.29, 0.717) is 12.0 Å². The zero-order chi connectivity index (χ0) is 36.2. The van der Waals surface area contributed by atoms with Crippen LogP contribution in [0.5, 0.6) is 0 Å². The van der Waals surface area contributed by atoms with Crippen LogP contribution < -0.4 is 0 Å². The lowest BCUT2D eigenvalue weighted by Gasteiger charge is -2.48. The van der Waals surface area contributed by atoms with Gasteiger partial charge in [0.25, 0.3) is 0 Å². The number of benzene rings is 3. The number of esters is 2. The molecule has 2 aliphatic heterocycles. The van der Waals surface area contributed by atoms with Crippen molar-refractivity contribution in [3.63, 3.8) is 0 Å². The summed E-state index contributed by atoms with van der Waals surface area (Å²) in [6, 6.07) is 25.9. The standard InChI is InChI=1S/C37H43N3O11/c1-4-27-31(33(47-21-25-16-10-6-11-17-25)34(37(44-3)48-27)50-35(43)26-18-12-7-13-19-26)51-36-29(39-40-38)32(46-20-24-14-8-5-9-15-24)30(42)28(49-36)22-45-23(2)41/h5-19,27-34,36-37,42H,4,20-22H2,1-3H3/t27?,28?,29?,30-,31-,32-,33+,34?,36-,37?/m0/s1. The van der Waals surface area contributed by atoms with Gasteiger partial charge in [0.05, 0.1) is 31.0 Å². The Morgan fingerprint density at radius 1 is 0.804 bits per heavy atom. The van der Waals surface area contributed by atoms with Gasteiger partial charge in [-0.2, -0.15) is 0 Å². The van der Waals surface area contributed by atoms with Crippen molar-refractivity contribution in [3.8, 4) is 0 Å². The molecule has 3 aromatic carbocycles. The van der Waals surface area contributed by atoms with Crippen LogP contribution in [0.3, 0.4) is 0 Å². The molecule has 14 nitrogen and oxygen atoms in total. The number of azide groups is 1. The van der Waals surface area contributed by atoms with Crippen LogP contribution >= 0.6 is 0 Å². The van der Waals surface area contributed by atoms with E-state index in [4.69, 9.17) is 37.9 Å². The summed E-state index contributed by atoms with van der Waals surface area (Å²) in [6.45, 7) is 2.95. The van der Waals surface area contributed by atoms with Crippen molar-refractivity contribution in [1.29, 1.82) is 0 Å². The smallest absolute Gasteiger partial charge is 0.338 e. The number of ether oxygens (including phenoxy) is 8. The first-order valence-corrected chi connectivity index (χ1v) is 16.7. The Hall–Kier alpha value is -4.37. The Bertz CT molecular complexity index is 1580. The Morgan fingerprint density at radius 3 is 1.92 bits per heavy atom. The summed E-state index contributed by atoms with van der Waals surface area (Å²) in [7, 11) is 1.44. The first-order valence-electron chi connectivity index (χ1n) is 16.7. The van der Waals surface area contributed by atoms with Crippen molar-refractivity contribution in [3.05, 3.63) is 118 Å². The van der Waals surface area contributed by atoms with Gasteiger partial charge in [0.15, 0.2) is 18.7 Å². The van der Waals surface area contributed by atoms with Crippen LogP contribution in [0.4, 0.5) is 0 Å². The highest BCUT2D eigenvalue weighted by molar-refractivity contribution is 5.89. The number of hydrogen-bond donors (Lipinski definition) is 1. The van der Waals surface area contributed by atoms with Gasteiger partial charge in [0.2, 0.25) is 0 Å².